The number of anilines is 1. The Morgan fingerprint density at radius 2 is 1.90 bits per heavy atom. The fourth-order valence-corrected chi connectivity index (χ4v) is 3.56. The predicted octanol–water partition coefficient (Wildman–Crippen LogP) is 4.60. The first kappa shape index (κ1) is 25.1. The molecule has 0 saturated heterocycles. The molecule has 0 bridgehead atoms. The molecule has 0 aliphatic carbocycles. The van der Waals surface area contributed by atoms with E-state index < -0.39 is 6.10 Å². The molecule has 0 fully saturated rings. The van der Waals surface area contributed by atoms with Gasteiger partial charge >= 0.3 is 0 Å². The maximum atomic E-state index is 10.5. The summed E-state index contributed by atoms with van der Waals surface area (Å²) < 4.78 is 11.3. The molecule has 1 heterocycles. The first-order valence-corrected chi connectivity index (χ1v) is 11.4. The molecule has 1 aromatic carbocycles. The molecule has 0 spiro atoms. The second-order valence-corrected chi connectivity index (χ2v) is 8.25. The third kappa shape index (κ3) is 7.80. The lowest BCUT2D eigenvalue weighted by Gasteiger charge is -2.27. The molecule has 0 saturated carbocycles. The number of nitrogens with zero attached hydrogens (tertiary/aromatic N) is 3. The molecule has 0 radical (unpaired) electrons. The van der Waals surface area contributed by atoms with Gasteiger partial charge in [-0.3, -0.25) is 4.90 Å². The molecular weight excluding hydrogens is 390 g/mol. The highest BCUT2D eigenvalue weighted by molar-refractivity contribution is 5.68. The molecule has 2 rings (SSSR count). The maximum absolute atomic E-state index is 10.5. The minimum absolute atomic E-state index is 0.294. The van der Waals surface area contributed by atoms with Crippen LogP contribution in [0.1, 0.15) is 39.7 Å². The standard InChI is InChI=1S/C25H39N3O3/c1-6-16-30-19-22(29)17-27(15-14-20(4)5)18-23-24(21-12-10-9-11-13-21)26-31-25(23)28(7-2)8-3/h6,9-13,20,22,29H,1,7-8,14-19H2,2-5H3. The number of ether oxygens (including phenoxy) is 1. The Balaban J connectivity index is 2.31. The molecule has 0 aliphatic rings. The zero-order chi connectivity index (χ0) is 22.6. The van der Waals surface area contributed by atoms with Crippen LogP contribution in [0.15, 0.2) is 47.5 Å². The van der Waals surface area contributed by atoms with Crippen molar-refractivity contribution in [1.82, 2.24) is 10.1 Å². The van der Waals surface area contributed by atoms with Crippen molar-refractivity contribution in [2.24, 2.45) is 5.92 Å². The first-order chi connectivity index (χ1) is 15.0. The molecule has 31 heavy (non-hydrogen) atoms. The Morgan fingerprint density at radius 1 is 1.19 bits per heavy atom. The van der Waals surface area contributed by atoms with E-state index in [0.717, 1.165) is 48.8 Å². The zero-order valence-electron chi connectivity index (χ0n) is 19.6. The number of hydrogen-bond donors (Lipinski definition) is 1. The van der Waals surface area contributed by atoms with Gasteiger partial charge in [0.05, 0.1) is 24.9 Å². The largest absolute Gasteiger partial charge is 0.389 e. The van der Waals surface area contributed by atoms with Crippen molar-refractivity contribution in [2.75, 3.05) is 44.3 Å². The summed E-state index contributed by atoms with van der Waals surface area (Å²) in [4.78, 5) is 4.48. The number of hydrogen-bond acceptors (Lipinski definition) is 6. The monoisotopic (exact) mass is 429 g/mol. The van der Waals surface area contributed by atoms with Crippen molar-refractivity contribution in [3.05, 3.63) is 48.6 Å². The van der Waals surface area contributed by atoms with Crippen LogP contribution >= 0.6 is 0 Å². The molecule has 6 nitrogen and oxygen atoms in total. The summed E-state index contributed by atoms with van der Waals surface area (Å²) in [7, 11) is 0. The molecule has 0 aliphatic heterocycles. The average Bonchev–Trinajstić information content (AvgIpc) is 3.17. The van der Waals surface area contributed by atoms with Crippen LogP contribution in [0.5, 0.6) is 0 Å². The van der Waals surface area contributed by atoms with Crippen molar-refractivity contribution < 1.29 is 14.4 Å². The van der Waals surface area contributed by atoms with Crippen molar-refractivity contribution in [2.45, 2.75) is 46.8 Å². The van der Waals surface area contributed by atoms with Gasteiger partial charge in [-0.1, -0.05) is 55.4 Å². The van der Waals surface area contributed by atoms with Crippen LogP contribution in [0.4, 0.5) is 5.88 Å². The second-order valence-electron chi connectivity index (χ2n) is 8.25. The molecule has 0 amide bonds. The zero-order valence-corrected chi connectivity index (χ0v) is 19.6. The number of aromatic nitrogens is 1. The van der Waals surface area contributed by atoms with E-state index >= 15 is 0 Å². The van der Waals surface area contributed by atoms with E-state index in [1.165, 1.54) is 0 Å². The summed E-state index contributed by atoms with van der Waals surface area (Å²) in [6.45, 7) is 16.8. The van der Waals surface area contributed by atoms with Crippen LogP contribution in [0.3, 0.4) is 0 Å². The van der Waals surface area contributed by atoms with Gasteiger partial charge in [-0.05, 0) is 32.7 Å². The smallest absolute Gasteiger partial charge is 0.232 e. The SMILES string of the molecule is C=CCOCC(O)CN(CCC(C)C)Cc1c(-c2ccccc2)noc1N(CC)CC. The van der Waals surface area contributed by atoms with Crippen LogP contribution in [0.2, 0.25) is 0 Å². The molecular formula is C25H39N3O3. The van der Waals surface area contributed by atoms with Crippen LogP contribution in [0.25, 0.3) is 11.3 Å². The third-order valence-electron chi connectivity index (χ3n) is 5.28. The highest BCUT2D eigenvalue weighted by Crippen LogP contribution is 2.32. The van der Waals surface area contributed by atoms with Crippen molar-refractivity contribution in [3.8, 4) is 11.3 Å². The van der Waals surface area contributed by atoms with E-state index in [2.05, 4.69) is 61.4 Å². The predicted molar refractivity (Wildman–Crippen MR) is 127 cm³/mol. The topological polar surface area (TPSA) is 62.0 Å². The van der Waals surface area contributed by atoms with E-state index in [4.69, 9.17) is 9.26 Å². The van der Waals surface area contributed by atoms with E-state index in [0.29, 0.717) is 32.2 Å². The molecule has 2 aromatic rings. The van der Waals surface area contributed by atoms with Gasteiger partial charge in [-0.25, -0.2) is 0 Å². The van der Waals surface area contributed by atoms with Gasteiger partial charge in [0.1, 0.15) is 5.69 Å². The van der Waals surface area contributed by atoms with Crippen molar-refractivity contribution in [3.63, 3.8) is 0 Å². The quantitative estimate of drug-likeness (QED) is 0.330. The molecule has 172 valence electrons. The summed E-state index contributed by atoms with van der Waals surface area (Å²) in [5.41, 5.74) is 2.98. The Labute approximate surface area is 187 Å². The fourth-order valence-electron chi connectivity index (χ4n) is 3.56. The van der Waals surface area contributed by atoms with Gasteiger partial charge < -0.3 is 19.3 Å². The molecule has 6 heteroatoms. The van der Waals surface area contributed by atoms with Crippen molar-refractivity contribution >= 4 is 5.88 Å². The van der Waals surface area contributed by atoms with Crippen LogP contribution in [-0.4, -0.2) is 60.7 Å². The highest BCUT2D eigenvalue weighted by atomic mass is 16.5. The van der Waals surface area contributed by atoms with Crippen LogP contribution in [0, 0.1) is 5.92 Å². The second kappa shape index (κ2) is 13.3. The third-order valence-corrected chi connectivity index (χ3v) is 5.28. The summed E-state index contributed by atoms with van der Waals surface area (Å²) >= 11 is 0. The van der Waals surface area contributed by atoms with Gasteiger partial charge in [-0.15, -0.1) is 6.58 Å². The summed E-state index contributed by atoms with van der Waals surface area (Å²) in [6.07, 6.45) is 2.18. The van der Waals surface area contributed by atoms with Gasteiger partial charge in [-0.2, -0.15) is 0 Å². The molecule has 1 aromatic heterocycles. The number of benzene rings is 1. The Bertz CT molecular complexity index is 757. The number of aliphatic hydroxyl groups excluding tert-OH is 1. The van der Waals surface area contributed by atoms with Gasteiger partial charge in [0.15, 0.2) is 0 Å². The van der Waals surface area contributed by atoms with Crippen LogP contribution < -0.4 is 4.90 Å². The van der Waals surface area contributed by atoms with E-state index in [9.17, 15) is 5.11 Å². The average molecular weight is 430 g/mol. The van der Waals surface area contributed by atoms with E-state index in [1.807, 2.05) is 18.2 Å². The normalized spacial score (nSPS) is 12.5. The van der Waals surface area contributed by atoms with Gasteiger partial charge in [0.2, 0.25) is 5.88 Å². The maximum Gasteiger partial charge on any atom is 0.232 e. The first-order valence-electron chi connectivity index (χ1n) is 11.4. The summed E-state index contributed by atoms with van der Waals surface area (Å²) in [5.74, 6) is 1.39. The van der Waals surface area contributed by atoms with Gasteiger partial charge in [0.25, 0.3) is 0 Å². The summed E-state index contributed by atoms with van der Waals surface area (Å²) in [5, 5.41) is 15.0. The summed E-state index contributed by atoms with van der Waals surface area (Å²) in [6, 6.07) is 10.2. The Morgan fingerprint density at radius 3 is 2.52 bits per heavy atom. The van der Waals surface area contributed by atoms with E-state index in [-0.39, 0.29) is 0 Å². The highest BCUT2D eigenvalue weighted by Gasteiger charge is 2.24. The Hall–Kier alpha value is -2.15. The molecule has 1 unspecified atom stereocenters. The number of rotatable bonds is 15. The number of aliphatic hydroxyl groups is 1. The van der Waals surface area contributed by atoms with Gasteiger partial charge in [0, 0.05) is 31.7 Å². The van der Waals surface area contributed by atoms with E-state index in [1.54, 1.807) is 6.08 Å². The minimum atomic E-state index is -0.566. The Kier molecular flexibility index (Phi) is 10.8. The molecule has 1 atom stereocenters. The minimum Gasteiger partial charge on any atom is -0.389 e. The fraction of sp³-hybridized carbons (Fsp3) is 0.560. The lowest BCUT2D eigenvalue weighted by atomic mass is 10.1. The lowest BCUT2D eigenvalue weighted by Crippen LogP contribution is -2.36. The lowest BCUT2D eigenvalue weighted by molar-refractivity contribution is 0.0237. The van der Waals surface area contributed by atoms with Crippen molar-refractivity contribution in [1.29, 1.82) is 0 Å². The molecule has 1 N–H and O–H groups in total. The van der Waals surface area contributed by atoms with Crippen LogP contribution in [-0.2, 0) is 11.3 Å².